The average Bonchev–Trinajstić information content (AvgIpc) is 3.07. The van der Waals surface area contributed by atoms with Crippen LogP contribution in [-0.4, -0.2) is 59.4 Å². The number of benzene rings is 2. The maximum absolute atomic E-state index is 14.1. The first-order chi connectivity index (χ1) is 19.6. The lowest BCUT2D eigenvalue weighted by atomic mass is 9.86. The summed E-state index contributed by atoms with van der Waals surface area (Å²) in [7, 11) is -8.21. The predicted octanol–water partition coefficient (Wildman–Crippen LogP) is 4.34. The normalized spacial score (nSPS) is 20.8. The van der Waals surface area contributed by atoms with Gasteiger partial charge < -0.3 is 14.2 Å². The summed E-state index contributed by atoms with van der Waals surface area (Å²) >= 11 is 0. The molecule has 1 unspecified atom stereocenters. The molecule has 1 heterocycles. The van der Waals surface area contributed by atoms with Gasteiger partial charge in [-0.1, -0.05) is 48.9 Å². The molecule has 0 bridgehead atoms. The Labute approximate surface area is 241 Å². The van der Waals surface area contributed by atoms with Crippen LogP contribution in [0.5, 0.6) is 0 Å². The lowest BCUT2D eigenvalue weighted by molar-refractivity contribution is -0.191. The highest BCUT2D eigenvalue weighted by Crippen LogP contribution is 2.43. The first kappa shape index (κ1) is 30.7. The summed E-state index contributed by atoms with van der Waals surface area (Å²) in [5, 5.41) is -1.14. The van der Waals surface area contributed by atoms with Gasteiger partial charge in [0.25, 0.3) is 5.60 Å². The molecule has 1 aliphatic carbocycles. The van der Waals surface area contributed by atoms with Crippen LogP contribution >= 0.6 is 0 Å². The Morgan fingerprint density at radius 1 is 0.854 bits per heavy atom. The molecule has 11 heteroatoms. The van der Waals surface area contributed by atoms with Gasteiger partial charge in [0.05, 0.1) is 39.8 Å². The Balaban J connectivity index is 2.00. The van der Waals surface area contributed by atoms with Crippen molar-refractivity contribution in [1.82, 2.24) is 0 Å². The summed E-state index contributed by atoms with van der Waals surface area (Å²) in [5.41, 5.74) is -2.04. The third-order valence-electron chi connectivity index (χ3n) is 7.22. The van der Waals surface area contributed by atoms with Gasteiger partial charge in [0.2, 0.25) is 9.84 Å². The minimum atomic E-state index is -4.20. The van der Waals surface area contributed by atoms with Crippen LogP contribution in [0.15, 0.2) is 92.6 Å². The Morgan fingerprint density at radius 3 is 1.98 bits per heavy atom. The maximum atomic E-state index is 14.1. The highest BCUT2D eigenvalue weighted by Gasteiger charge is 2.55. The average molecular weight is 603 g/mol. The number of carbonyl (C=O) groups excluding carboxylic acids is 2. The fraction of sp³-hybridized carbons (Fsp3) is 0.400. The standard InChI is InChI=1S/C30H34O9S2/c1-3-37-28(31)30(29(32)38-4-2)20-24-25(21-39-30)27(41(35,36)23-16-10-6-11-17-23)19-13-7-12-18-26(24)40(33,34)22-14-8-5-9-15-22/h5-6,8-11,14-18,27H,3-4,7,12-13,19-21H2,1-2H3/b26-18+. The van der Waals surface area contributed by atoms with Gasteiger partial charge in [-0.05, 0) is 68.5 Å². The van der Waals surface area contributed by atoms with E-state index in [4.69, 9.17) is 14.2 Å². The predicted molar refractivity (Wildman–Crippen MR) is 151 cm³/mol. The van der Waals surface area contributed by atoms with E-state index >= 15 is 0 Å². The number of sulfone groups is 2. The molecule has 41 heavy (non-hydrogen) atoms. The lowest BCUT2D eigenvalue weighted by Crippen LogP contribution is -2.54. The number of hydrogen-bond donors (Lipinski definition) is 0. The number of esters is 2. The van der Waals surface area contributed by atoms with E-state index in [0.29, 0.717) is 19.3 Å². The minimum absolute atomic E-state index is 0.00387. The zero-order valence-corrected chi connectivity index (χ0v) is 24.7. The molecule has 0 amide bonds. The molecule has 0 N–H and O–H groups in total. The van der Waals surface area contributed by atoms with E-state index in [1.807, 2.05) is 0 Å². The zero-order chi connectivity index (χ0) is 29.7. The fourth-order valence-electron chi connectivity index (χ4n) is 5.20. The van der Waals surface area contributed by atoms with E-state index in [1.54, 1.807) is 56.3 Å². The van der Waals surface area contributed by atoms with Gasteiger partial charge in [-0.3, -0.25) is 0 Å². The molecule has 0 aromatic heterocycles. The Morgan fingerprint density at radius 2 is 1.41 bits per heavy atom. The smallest absolute Gasteiger partial charge is 0.350 e. The molecule has 2 aromatic rings. The van der Waals surface area contributed by atoms with Crippen LogP contribution in [0.4, 0.5) is 0 Å². The van der Waals surface area contributed by atoms with Gasteiger partial charge >= 0.3 is 11.9 Å². The van der Waals surface area contributed by atoms with Gasteiger partial charge in [0.15, 0.2) is 9.84 Å². The molecule has 1 aliphatic heterocycles. The fourth-order valence-corrected chi connectivity index (χ4v) is 8.76. The van der Waals surface area contributed by atoms with Crippen LogP contribution in [0.1, 0.15) is 46.0 Å². The second kappa shape index (κ2) is 12.7. The van der Waals surface area contributed by atoms with Gasteiger partial charge in [0, 0.05) is 6.42 Å². The first-order valence-electron chi connectivity index (χ1n) is 13.6. The quantitative estimate of drug-likeness (QED) is 0.320. The molecule has 9 nitrogen and oxygen atoms in total. The largest absolute Gasteiger partial charge is 0.463 e. The zero-order valence-electron chi connectivity index (χ0n) is 23.1. The highest BCUT2D eigenvalue weighted by atomic mass is 32.2. The summed E-state index contributed by atoms with van der Waals surface area (Å²) < 4.78 is 72.7. The SMILES string of the molecule is CCOC(=O)C1(C(=O)OCC)CC2=C(CO1)C(S(=O)(=O)c1ccccc1)CCCC/C=C\2S(=O)(=O)c1ccccc1. The molecule has 2 aliphatic rings. The summed E-state index contributed by atoms with van der Waals surface area (Å²) in [6.45, 7) is 2.53. The van der Waals surface area contributed by atoms with E-state index < -0.39 is 55.5 Å². The Hall–Kier alpha value is -3.28. The van der Waals surface area contributed by atoms with Crippen molar-refractivity contribution < 1.29 is 40.6 Å². The second-order valence-corrected chi connectivity index (χ2v) is 13.8. The van der Waals surface area contributed by atoms with Gasteiger partial charge in [-0.2, -0.15) is 0 Å². The number of hydrogen-bond acceptors (Lipinski definition) is 9. The summed E-state index contributed by atoms with van der Waals surface area (Å²) in [5.74, 6) is -2.05. The molecule has 2 aromatic carbocycles. The van der Waals surface area contributed by atoms with Gasteiger partial charge in [-0.15, -0.1) is 0 Å². The molecular formula is C30H34O9S2. The Kier molecular flexibility index (Phi) is 9.51. The van der Waals surface area contributed by atoms with Crippen molar-refractivity contribution in [2.45, 2.75) is 66.6 Å². The van der Waals surface area contributed by atoms with Crippen LogP contribution < -0.4 is 0 Å². The van der Waals surface area contributed by atoms with Crippen LogP contribution in [-0.2, 0) is 43.5 Å². The molecule has 0 spiro atoms. The van der Waals surface area contributed by atoms with Crippen molar-refractivity contribution in [1.29, 1.82) is 0 Å². The van der Waals surface area contributed by atoms with Crippen molar-refractivity contribution in [2.75, 3.05) is 19.8 Å². The number of carbonyl (C=O) groups is 2. The minimum Gasteiger partial charge on any atom is -0.463 e. The second-order valence-electron chi connectivity index (χ2n) is 9.75. The van der Waals surface area contributed by atoms with E-state index in [9.17, 15) is 26.4 Å². The van der Waals surface area contributed by atoms with Crippen LogP contribution in [0.2, 0.25) is 0 Å². The number of ether oxygens (including phenoxy) is 3. The highest BCUT2D eigenvalue weighted by molar-refractivity contribution is 7.95. The summed E-state index contributed by atoms with van der Waals surface area (Å²) in [6.07, 6.45) is 2.60. The van der Waals surface area contributed by atoms with Crippen LogP contribution in [0, 0.1) is 0 Å². The van der Waals surface area contributed by atoms with Gasteiger partial charge in [0.1, 0.15) is 0 Å². The molecular weight excluding hydrogens is 568 g/mol. The molecule has 0 saturated heterocycles. The monoisotopic (exact) mass is 602 g/mol. The molecule has 0 radical (unpaired) electrons. The topological polar surface area (TPSA) is 130 Å². The van der Waals surface area contributed by atoms with Crippen LogP contribution in [0.25, 0.3) is 0 Å². The van der Waals surface area contributed by atoms with E-state index in [2.05, 4.69) is 0 Å². The van der Waals surface area contributed by atoms with E-state index in [0.717, 1.165) is 0 Å². The molecule has 4 rings (SSSR count). The molecule has 1 atom stereocenters. The van der Waals surface area contributed by atoms with Crippen LogP contribution in [0.3, 0.4) is 0 Å². The molecule has 0 saturated carbocycles. The van der Waals surface area contributed by atoms with Crippen molar-refractivity contribution in [3.63, 3.8) is 0 Å². The summed E-state index contributed by atoms with van der Waals surface area (Å²) in [6, 6.07) is 15.7. The van der Waals surface area contributed by atoms with Crippen molar-refractivity contribution >= 4 is 31.6 Å². The lowest BCUT2D eigenvalue weighted by Gasteiger charge is -2.37. The number of allylic oxidation sites excluding steroid dienone is 2. The Bertz CT molecular complexity index is 1520. The third kappa shape index (κ3) is 6.02. The third-order valence-corrected chi connectivity index (χ3v) is 11.3. The van der Waals surface area contributed by atoms with Gasteiger partial charge in [-0.25, -0.2) is 26.4 Å². The number of rotatable bonds is 8. The van der Waals surface area contributed by atoms with E-state index in [1.165, 1.54) is 24.3 Å². The maximum Gasteiger partial charge on any atom is 0.350 e. The molecule has 220 valence electrons. The first-order valence-corrected chi connectivity index (χ1v) is 16.6. The molecule has 0 fully saturated rings. The van der Waals surface area contributed by atoms with E-state index in [-0.39, 0.29) is 45.5 Å². The van der Waals surface area contributed by atoms with Crippen molar-refractivity contribution in [3.05, 3.63) is 82.8 Å². The van der Waals surface area contributed by atoms with Crippen molar-refractivity contribution in [3.8, 4) is 0 Å². The summed E-state index contributed by atoms with van der Waals surface area (Å²) in [4.78, 5) is 26.5. The van der Waals surface area contributed by atoms with Crippen molar-refractivity contribution in [2.24, 2.45) is 0 Å².